The second-order valence-electron chi connectivity index (χ2n) is 4.90. The summed E-state index contributed by atoms with van der Waals surface area (Å²) >= 11 is 0. The highest BCUT2D eigenvalue weighted by atomic mass is 19.3. The van der Waals surface area contributed by atoms with E-state index in [9.17, 15) is 8.78 Å². The van der Waals surface area contributed by atoms with Crippen LogP contribution in [0.2, 0.25) is 0 Å². The van der Waals surface area contributed by atoms with Gasteiger partial charge in [0.25, 0.3) is 0 Å². The van der Waals surface area contributed by atoms with Gasteiger partial charge in [0.15, 0.2) is 5.82 Å². The molecule has 2 aromatic rings. The molecule has 0 bridgehead atoms. The van der Waals surface area contributed by atoms with Crippen LogP contribution in [0.4, 0.5) is 14.5 Å². The summed E-state index contributed by atoms with van der Waals surface area (Å²) in [7, 11) is 0. The zero-order valence-corrected chi connectivity index (χ0v) is 11.4. The van der Waals surface area contributed by atoms with Gasteiger partial charge in [-0.25, -0.2) is 0 Å². The minimum Gasteiger partial charge on any atom is -0.435 e. The molecule has 1 aromatic carbocycles. The SMILES string of the molecule is FC(F)Oc1ccc(NCc2nnc3n2CCCC3)cc1. The number of hydrogen-bond donors (Lipinski definition) is 1. The van der Waals surface area contributed by atoms with Gasteiger partial charge in [0.1, 0.15) is 11.6 Å². The minimum atomic E-state index is -2.80. The van der Waals surface area contributed by atoms with Gasteiger partial charge in [-0.05, 0) is 37.1 Å². The van der Waals surface area contributed by atoms with E-state index in [-0.39, 0.29) is 5.75 Å². The van der Waals surface area contributed by atoms with Crippen LogP contribution < -0.4 is 10.1 Å². The summed E-state index contributed by atoms with van der Waals surface area (Å²) in [4.78, 5) is 0. The number of nitrogens with one attached hydrogen (secondary N) is 1. The third-order valence-corrected chi connectivity index (χ3v) is 3.47. The van der Waals surface area contributed by atoms with Crippen LogP contribution in [0.15, 0.2) is 24.3 Å². The Bertz CT molecular complexity index is 598. The maximum Gasteiger partial charge on any atom is 0.387 e. The quantitative estimate of drug-likeness (QED) is 0.921. The Balaban J connectivity index is 1.61. The average Bonchev–Trinajstić information content (AvgIpc) is 2.89. The summed E-state index contributed by atoms with van der Waals surface area (Å²) in [5.41, 5.74) is 0.824. The molecule has 0 radical (unpaired) electrons. The van der Waals surface area contributed by atoms with Crippen molar-refractivity contribution in [2.75, 3.05) is 5.32 Å². The lowest BCUT2D eigenvalue weighted by Gasteiger charge is -2.15. The van der Waals surface area contributed by atoms with Gasteiger partial charge in [-0.2, -0.15) is 8.78 Å². The second kappa shape index (κ2) is 6.07. The Labute approximate surface area is 120 Å². The van der Waals surface area contributed by atoms with Gasteiger partial charge in [-0.1, -0.05) is 0 Å². The minimum absolute atomic E-state index is 0.149. The Kier molecular flexibility index (Phi) is 3.98. The highest BCUT2D eigenvalue weighted by Crippen LogP contribution is 2.19. The third kappa shape index (κ3) is 3.29. The lowest BCUT2D eigenvalue weighted by atomic mass is 10.2. The van der Waals surface area contributed by atoms with E-state index in [1.54, 1.807) is 12.1 Å². The van der Waals surface area contributed by atoms with Gasteiger partial charge in [0.05, 0.1) is 6.54 Å². The first-order valence-corrected chi connectivity index (χ1v) is 6.92. The summed E-state index contributed by atoms with van der Waals surface area (Å²) in [5, 5.41) is 11.6. The summed E-state index contributed by atoms with van der Waals surface area (Å²) in [6.07, 6.45) is 3.29. The van der Waals surface area contributed by atoms with Crippen molar-refractivity contribution in [1.82, 2.24) is 14.8 Å². The predicted molar refractivity (Wildman–Crippen MR) is 73.4 cm³/mol. The summed E-state index contributed by atoms with van der Waals surface area (Å²) < 4.78 is 30.6. The maximum atomic E-state index is 12.1. The van der Waals surface area contributed by atoms with E-state index in [0.717, 1.165) is 43.1 Å². The molecule has 1 aromatic heterocycles. The fraction of sp³-hybridized carbons (Fsp3) is 0.429. The molecule has 2 heterocycles. The normalized spacial score (nSPS) is 14.0. The molecule has 1 N–H and O–H groups in total. The summed E-state index contributed by atoms with van der Waals surface area (Å²) in [6, 6.07) is 6.41. The molecule has 0 atom stereocenters. The molecule has 1 aliphatic rings. The van der Waals surface area contributed by atoms with Gasteiger partial charge < -0.3 is 14.6 Å². The molecule has 1 aliphatic heterocycles. The van der Waals surface area contributed by atoms with Crippen molar-refractivity contribution < 1.29 is 13.5 Å². The summed E-state index contributed by atoms with van der Waals surface area (Å²) in [6.45, 7) is -1.28. The first kappa shape index (κ1) is 13.8. The first-order valence-electron chi connectivity index (χ1n) is 6.92. The van der Waals surface area contributed by atoms with Crippen LogP contribution >= 0.6 is 0 Å². The number of benzene rings is 1. The standard InChI is InChI=1S/C14H16F2N4O/c15-14(16)21-11-6-4-10(5-7-11)17-9-13-19-18-12-3-1-2-8-20(12)13/h4-7,14,17H,1-3,8-9H2. The lowest BCUT2D eigenvalue weighted by molar-refractivity contribution is -0.0498. The number of halogens is 2. The largest absolute Gasteiger partial charge is 0.435 e. The van der Waals surface area contributed by atoms with Crippen LogP contribution in [-0.2, 0) is 19.5 Å². The van der Waals surface area contributed by atoms with Crippen LogP contribution in [0.3, 0.4) is 0 Å². The van der Waals surface area contributed by atoms with Crippen LogP contribution in [0.25, 0.3) is 0 Å². The van der Waals surface area contributed by atoms with Crippen molar-refractivity contribution in [1.29, 1.82) is 0 Å². The number of aryl methyl sites for hydroxylation is 1. The van der Waals surface area contributed by atoms with Crippen molar-refractivity contribution >= 4 is 5.69 Å². The highest BCUT2D eigenvalue weighted by Gasteiger charge is 2.15. The number of nitrogens with zero attached hydrogens (tertiary/aromatic N) is 3. The van der Waals surface area contributed by atoms with Gasteiger partial charge in [0.2, 0.25) is 0 Å². The smallest absolute Gasteiger partial charge is 0.387 e. The fourth-order valence-electron chi connectivity index (χ4n) is 2.43. The van der Waals surface area contributed by atoms with Gasteiger partial charge >= 0.3 is 6.61 Å². The number of rotatable bonds is 5. The first-order chi connectivity index (χ1) is 10.2. The predicted octanol–water partition coefficient (Wildman–Crippen LogP) is 2.83. The fourth-order valence-corrected chi connectivity index (χ4v) is 2.43. The Morgan fingerprint density at radius 1 is 1.19 bits per heavy atom. The molecule has 7 heteroatoms. The monoisotopic (exact) mass is 294 g/mol. The molecule has 0 saturated heterocycles. The van der Waals surface area contributed by atoms with Gasteiger partial charge in [0, 0.05) is 18.7 Å². The van der Waals surface area contributed by atoms with Crippen LogP contribution in [0.1, 0.15) is 24.5 Å². The van der Waals surface area contributed by atoms with Crippen molar-refractivity contribution in [2.45, 2.75) is 39.0 Å². The van der Waals surface area contributed by atoms with Crippen molar-refractivity contribution in [3.8, 4) is 5.75 Å². The van der Waals surface area contributed by atoms with E-state index in [4.69, 9.17) is 0 Å². The van der Waals surface area contributed by atoms with Crippen LogP contribution in [0, 0.1) is 0 Å². The molecule has 21 heavy (non-hydrogen) atoms. The van der Waals surface area contributed by atoms with E-state index >= 15 is 0 Å². The number of aromatic nitrogens is 3. The molecular weight excluding hydrogens is 278 g/mol. The molecule has 3 rings (SSSR count). The van der Waals surface area contributed by atoms with Crippen LogP contribution in [0.5, 0.6) is 5.75 Å². The van der Waals surface area contributed by atoms with Crippen molar-refractivity contribution in [3.63, 3.8) is 0 Å². The van der Waals surface area contributed by atoms with E-state index < -0.39 is 6.61 Å². The Morgan fingerprint density at radius 2 is 2.00 bits per heavy atom. The molecule has 0 aliphatic carbocycles. The van der Waals surface area contributed by atoms with E-state index in [0.29, 0.717) is 6.54 Å². The van der Waals surface area contributed by atoms with E-state index in [1.165, 1.54) is 12.1 Å². The zero-order valence-electron chi connectivity index (χ0n) is 11.4. The average molecular weight is 294 g/mol. The molecule has 0 fully saturated rings. The molecule has 112 valence electrons. The number of ether oxygens (including phenoxy) is 1. The number of hydrogen-bond acceptors (Lipinski definition) is 4. The van der Waals surface area contributed by atoms with Crippen LogP contribution in [-0.4, -0.2) is 21.4 Å². The van der Waals surface area contributed by atoms with Crippen molar-refractivity contribution in [3.05, 3.63) is 35.9 Å². The molecular formula is C14H16F2N4O. The molecule has 0 saturated carbocycles. The second-order valence-corrected chi connectivity index (χ2v) is 4.90. The molecule has 5 nitrogen and oxygen atoms in total. The van der Waals surface area contributed by atoms with Gasteiger partial charge in [-0.3, -0.25) is 0 Å². The van der Waals surface area contributed by atoms with E-state index in [2.05, 4.69) is 24.8 Å². The van der Waals surface area contributed by atoms with Crippen molar-refractivity contribution in [2.24, 2.45) is 0 Å². The number of alkyl halides is 2. The van der Waals surface area contributed by atoms with Gasteiger partial charge in [-0.15, -0.1) is 10.2 Å². The molecule has 0 unspecified atom stereocenters. The maximum absolute atomic E-state index is 12.1. The van der Waals surface area contributed by atoms with E-state index in [1.807, 2.05) is 0 Å². The topological polar surface area (TPSA) is 52.0 Å². The Hall–Kier alpha value is -2.18. The number of fused-ring (bicyclic) bond motifs is 1. The highest BCUT2D eigenvalue weighted by molar-refractivity contribution is 5.46. The third-order valence-electron chi connectivity index (χ3n) is 3.47. The molecule has 0 spiro atoms. The molecule has 0 amide bonds. The summed E-state index contributed by atoms with van der Waals surface area (Å²) in [5.74, 6) is 2.09. The number of anilines is 1. The zero-order chi connectivity index (χ0) is 14.7. The Morgan fingerprint density at radius 3 is 2.76 bits per heavy atom. The lowest BCUT2D eigenvalue weighted by Crippen LogP contribution is -2.15.